The van der Waals surface area contributed by atoms with Gasteiger partial charge < -0.3 is 4.90 Å². The van der Waals surface area contributed by atoms with E-state index in [4.69, 9.17) is 0 Å². The maximum Gasteiger partial charge on any atom is 0.241 e. The van der Waals surface area contributed by atoms with Crippen LogP contribution in [0.25, 0.3) is 0 Å². The molecule has 1 heterocycles. The van der Waals surface area contributed by atoms with Gasteiger partial charge >= 0.3 is 0 Å². The average Bonchev–Trinajstić information content (AvgIpc) is 2.80. The molecule has 2 aliphatic rings. The van der Waals surface area contributed by atoms with Crippen LogP contribution >= 0.6 is 0 Å². The lowest BCUT2D eigenvalue weighted by atomic mass is 9.99. The van der Waals surface area contributed by atoms with E-state index in [1.807, 2.05) is 0 Å². The minimum Gasteiger partial charge on any atom is -0.322 e. The molecule has 0 aromatic rings. The summed E-state index contributed by atoms with van der Waals surface area (Å²) < 4.78 is 0. The molecule has 0 bridgehead atoms. The minimum atomic E-state index is 0.0444. The molecule has 4 atom stereocenters. The molecule has 0 aromatic carbocycles. The summed E-state index contributed by atoms with van der Waals surface area (Å²) in [6, 6.07) is 0.506. The van der Waals surface area contributed by atoms with Crippen LogP contribution in [0.1, 0.15) is 60.3 Å². The Morgan fingerprint density at radius 2 is 2.06 bits per heavy atom. The summed E-state index contributed by atoms with van der Waals surface area (Å²) in [5.41, 5.74) is 0.327. The fraction of sp³-hybridized carbons (Fsp3) is 0.933. The van der Waals surface area contributed by atoms with E-state index in [-0.39, 0.29) is 12.2 Å². The van der Waals surface area contributed by atoms with Crippen molar-refractivity contribution in [2.45, 2.75) is 78.6 Å². The Hall–Kier alpha value is -0.570. The highest BCUT2D eigenvalue weighted by Gasteiger charge is 2.56. The van der Waals surface area contributed by atoms with Crippen molar-refractivity contribution in [2.75, 3.05) is 0 Å². The summed E-state index contributed by atoms with van der Waals surface area (Å²) in [5, 5.41) is 3.58. The van der Waals surface area contributed by atoms with E-state index in [0.29, 0.717) is 23.3 Å². The summed E-state index contributed by atoms with van der Waals surface area (Å²) in [4.78, 5) is 14.8. The molecule has 18 heavy (non-hydrogen) atoms. The van der Waals surface area contributed by atoms with Gasteiger partial charge in [-0.15, -0.1) is 0 Å². The van der Waals surface area contributed by atoms with Gasteiger partial charge in [-0.05, 0) is 24.2 Å². The number of hydrogen-bond donors (Lipinski definition) is 1. The molecule has 1 amide bonds. The first kappa shape index (κ1) is 13.9. The highest BCUT2D eigenvalue weighted by atomic mass is 16.2. The highest BCUT2D eigenvalue weighted by molar-refractivity contribution is 5.85. The lowest BCUT2D eigenvalue weighted by Crippen LogP contribution is -2.40. The smallest absolute Gasteiger partial charge is 0.241 e. The molecular formula is C15H28N2O. The number of carbonyl (C=O) groups is 1. The van der Waals surface area contributed by atoms with E-state index < -0.39 is 0 Å². The molecule has 2 rings (SSSR count). The van der Waals surface area contributed by atoms with Crippen molar-refractivity contribution in [3.05, 3.63) is 0 Å². The van der Waals surface area contributed by atoms with Crippen molar-refractivity contribution in [2.24, 2.45) is 11.3 Å². The van der Waals surface area contributed by atoms with Crippen molar-refractivity contribution in [1.82, 2.24) is 10.2 Å². The molecule has 1 aliphatic heterocycles. The van der Waals surface area contributed by atoms with Gasteiger partial charge in [0.2, 0.25) is 5.91 Å². The summed E-state index contributed by atoms with van der Waals surface area (Å²) in [5.74, 6) is 0.780. The Bertz CT molecular complexity index is 326. The highest BCUT2D eigenvalue weighted by Crippen LogP contribution is 2.50. The zero-order valence-electron chi connectivity index (χ0n) is 12.5. The van der Waals surface area contributed by atoms with Gasteiger partial charge in [0.1, 0.15) is 0 Å². The first-order chi connectivity index (χ1) is 8.42. The number of nitrogens with zero attached hydrogens (tertiary/aromatic N) is 1. The number of rotatable bonds is 5. The molecule has 3 heteroatoms. The molecule has 2 fully saturated rings. The molecule has 1 saturated carbocycles. The number of amides is 1. The second kappa shape index (κ2) is 4.84. The van der Waals surface area contributed by atoms with Crippen molar-refractivity contribution in [1.29, 1.82) is 0 Å². The van der Waals surface area contributed by atoms with E-state index in [1.54, 1.807) is 0 Å². The molecule has 3 nitrogen and oxygen atoms in total. The van der Waals surface area contributed by atoms with Crippen LogP contribution in [0.4, 0.5) is 0 Å². The van der Waals surface area contributed by atoms with Crippen LogP contribution in [-0.2, 0) is 4.79 Å². The van der Waals surface area contributed by atoms with E-state index >= 15 is 0 Å². The fourth-order valence-electron chi connectivity index (χ4n) is 3.10. The van der Waals surface area contributed by atoms with Gasteiger partial charge in [-0.2, -0.15) is 0 Å². The molecule has 1 aliphatic carbocycles. The summed E-state index contributed by atoms with van der Waals surface area (Å²) in [6.45, 7) is 11.1. The Labute approximate surface area is 111 Å². The second-order valence-electron chi connectivity index (χ2n) is 6.79. The lowest BCUT2D eigenvalue weighted by Gasteiger charge is -2.25. The zero-order valence-corrected chi connectivity index (χ0v) is 12.5. The third-order valence-electron chi connectivity index (χ3n) is 4.80. The Morgan fingerprint density at radius 1 is 1.44 bits per heavy atom. The molecular weight excluding hydrogens is 224 g/mol. The number of hydrogen-bond acceptors (Lipinski definition) is 2. The van der Waals surface area contributed by atoms with Crippen LogP contribution in [0.2, 0.25) is 0 Å². The topological polar surface area (TPSA) is 32.3 Å². The van der Waals surface area contributed by atoms with Crippen LogP contribution in [-0.4, -0.2) is 29.1 Å². The molecule has 1 N–H and O–H groups in total. The van der Waals surface area contributed by atoms with Gasteiger partial charge in [-0.25, -0.2) is 0 Å². The number of nitrogens with one attached hydrogen (secondary N) is 1. The van der Waals surface area contributed by atoms with E-state index in [1.165, 1.54) is 0 Å². The third kappa shape index (κ3) is 2.29. The Morgan fingerprint density at radius 3 is 2.50 bits per heavy atom. The average molecular weight is 252 g/mol. The lowest BCUT2D eigenvalue weighted by molar-refractivity contribution is -0.132. The molecule has 4 unspecified atom stereocenters. The van der Waals surface area contributed by atoms with Crippen LogP contribution in [0.3, 0.4) is 0 Å². The minimum absolute atomic E-state index is 0.0444. The Balaban J connectivity index is 2.12. The van der Waals surface area contributed by atoms with Crippen molar-refractivity contribution < 1.29 is 4.79 Å². The SMILES string of the molecule is CCCC1NC(C(C)CC)C(=O)N1C1CC1(C)C. The van der Waals surface area contributed by atoms with Crippen molar-refractivity contribution >= 4 is 5.91 Å². The van der Waals surface area contributed by atoms with Crippen molar-refractivity contribution in [3.8, 4) is 0 Å². The normalized spacial score (nSPS) is 35.9. The maximum atomic E-state index is 12.6. The number of carbonyl (C=O) groups excluding carboxylic acids is 1. The van der Waals surface area contributed by atoms with E-state index in [9.17, 15) is 4.79 Å². The van der Waals surface area contributed by atoms with Crippen LogP contribution < -0.4 is 5.32 Å². The van der Waals surface area contributed by atoms with Crippen LogP contribution in [0.5, 0.6) is 0 Å². The molecule has 0 aromatic heterocycles. The Kier molecular flexibility index (Phi) is 3.72. The van der Waals surface area contributed by atoms with E-state index in [2.05, 4.69) is 44.8 Å². The molecule has 0 radical (unpaired) electrons. The van der Waals surface area contributed by atoms with Gasteiger partial charge in [0, 0.05) is 6.04 Å². The molecule has 104 valence electrons. The van der Waals surface area contributed by atoms with Crippen molar-refractivity contribution in [3.63, 3.8) is 0 Å². The molecule has 1 saturated heterocycles. The predicted molar refractivity (Wildman–Crippen MR) is 74.1 cm³/mol. The summed E-state index contributed by atoms with van der Waals surface area (Å²) in [7, 11) is 0. The standard InChI is InChI=1S/C15H28N2O/c1-6-8-12-16-13(10(3)7-2)14(18)17(12)11-9-15(11,4)5/h10-13,16H,6-9H2,1-5H3. The summed E-state index contributed by atoms with van der Waals surface area (Å²) >= 11 is 0. The van der Waals surface area contributed by atoms with Crippen LogP contribution in [0.15, 0.2) is 0 Å². The largest absolute Gasteiger partial charge is 0.322 e. The monoisotopic (exact) mass is 252 g/mol. The zero-order chi connectivity index (χ0) is 13.5. The van der Waals surface area contributed by atoms with Gasteiger partial charge in [-0.1, -0.05) is 47.5 Å². The fourth-order valence-corrected chi connectivity index (χ4v) is 3.10. The van der Waals surface area contributed by atoms with Crippen LogP contribution in [0, 0.1) is 11.3 Å². The maximum absolute atomic E-state index is 12.6. The van der Waals surface area contributed by atoms with E-state index in [0.717, 1.165) is 25.7 Å². The first-order valence-corrected chi connectivity index (χ1v) is 7.50. The predicted octanol–water partition coefficient (Wildman–Crippen LogP) is 2.76. The summed E-state index contributed by atoms with van der Waals surface area (Å²) in [6.07, 6.45) is 4.69. The van der Waals surface area contributed by atoms with Gasteiger partial charge in [-0.3, -0.25) is 10.1 Å². The second-order valence-corrected chi connectivity index (χ2v) is 6.79. The first-order valence-electron chi connectivity index (χ1n) is 7.50. The molecule has 0 spiro atoms. The third-order valence-corrected chi connectivity index (χ3v) is 4.80. The van der Waals surface area contributed by atoms with Gasteiger partial charge in [0.25, 0.3) is 0 Å². The van der Waals surface area contributed by atoms with Gasteiger partial charge in [0.15, 0.2) is 0 Å². The quantitative estimate of drug-likeness (QED) is 0.816. The van der Waals surface area contributed by atoms with Gasteiger partial charge in [0.05, 0.1) is 12.2 Å².